The lowest BCUT2D eigenvalue weighted by molar-refractivity contribution is 0.0103. The van der Waals surface area contributed by atoms with Crippen molar-refractivity contribution in [2.45, 2.75) is 32.0 Å². The van der Waals surface area contributed by atoms with E-state index < -0.39 is 11.3 Å². The van der Waals surface area contributed by atoms with E-state index in [4.69, 9.17) is 11.5 Å². The molecule has 5 N–H and O–H groups in total. The summed E-state index contributed by atoms with van der Waals surface area (Å²) in [5.74, 6) is 0. The van der Waals surface area contributed by atoms with Gasteiger partial charge in [-0.3, -0.25) is 0 Å². The Kier molecular flexibility index (Phi) is 2.25. The van der Waals surface area contributed by atoms with Crippen molar-refractivity contribution in [3.05, 3.63) is 12.2 Å². The number of hydrogen-bond acceptors (Lipinski definition) is 3. The van der Waals surface area contributed by atoms with Gasteiger partial charge in [0.15, 0.2) is 0 Å². The zero-order valence-corrected chi connectivity index (χ0v) is 6.81. The molecule has 3 nitrogen and oxygen atoms in total. The summed E-state index contributed by atoms with van der Waals surface area (Å²) in [6.45, 7) is 8.47. The highest BCUT2D eigenvalue weighted by Crippen LogP contribution is 2.20. The topological polar surface area (TPSA) is 72.3 Å². The third-order valence-electron chi connectivity index (χ3n) is 1.94. The summed E-state index contributed by atoms with van der Waals surface area (Å²) in [5, 5.41) is 9.31. The first-order chi connectivity index (χ1) is 4.19. The van der Waals surface area contributed by atoms with Crippen molar-refractivity contribution in [2.24, 2.45) is 11.5 Å². The van der Waals surface area contributed by atoms with Crippen molar-refractivity contribution >= 4 is 0 Å². The maximum Gasteiger partial charge on any atom is 0.132 e. The van der Waals surface area contributed by atoms with Gasteiger partial charge in [0.05, 0.1) is 5.54 Å². The predicted molar refractivity (Wildman–Crippen MR) is 42.2 cm³/mol. The Morgan fingerprint density at radius 2 is 1.70 bits per heavy atom. The van der Waals surface area contributed by atoms with Crippen LogP contribution in [0.1, 0.15) is 20.8 Å². The van der Waals surface area contributed by atoms with E-state index >= 15 is 0 Å². The first-order valence-corrected chi connectivity index (χ1v) is 3.15. The number of aliphatic hydroxyl groups is 1. The van der Waals surface area contributed by atoms with Gasteiger partial charge >= 0.3 is 0 Å². The molecule has 0 aromatic rings. The van der Waals surface area contributed by atoms with Crippen molar-refractivity contribution in [2.75, 3.05) is 0 Å². The highest BCUT2D eigenvalue weighted by Gasteiger charge is 2.36. The average Bonchev–Trinajstić information content (AvgIpc) is 1.62. The van der Waals surface area contributed by atoms with E-state index in [0.29, 0.717) is 5.57 Å². The molecule has 0 heterocycles. The molecule has 0 aliphatic heterocycles. The molecular weight excluding hydrogens is 128 g/mol. The molecule has 0 saturated carbocycles. The summed E-state index contributed by atoms with van der Waals surface area (Å²) < 4.78 is 0. The van der Waals surface area contributed by atoms with Crippen LogP contribution in [0, 0.1) is 0 Å². The zero-order valence-electron chi connectivity index (χ0n) is 6.81. The van der Waals surface area contributed by atoms with Gasteiger partial charge in [0.2, 0.25) is 0 Å². The van der Waals surface area contributed by atoms with Crippen LogP contribution in [0.2, 0.25) is 0 Å². The van der Waals surface area contributed by atoms with Crippen molar-refractivity contribution < 1.29 is 5.11 Å². The van der Waals surface area contributed by atoms with Crippen LogP contribution >= 0.6 is 0 Å². The quantitative estimate of drug-likeness (QED) is 0.376. The molecule has 0 fully saturated rings. The monoisotopic (exact) mass is 144 g/mol. The number of hydrogen-bond donors (Lipinski definition) is 3. The molecule has 0 radical (unpaired) electrons. The Morgan fingerprint density at radius 1 is 1.40 bits per heavy atom. The molecule has 0 aromatic carbocycles. The highest BCUT2D eigenvalue weighted by molar-refractivity contribution is 5.17. The van der Waals surface area contributed by atoms with E-state index in [0.717, 1.165) is 0 Å². The van der Waals surface area contributed by atoms with Crippen LogP contribution in [-0.4, -0.2) is 16.4 Å². The van der Waals surface area contributed by atoms with Gasteiger partial charge in [0.1, 0.15) is 5.72 Å². The number of rotatable bonds is 2. The Morgan fingerprint density at radius 3 is 1.70 bits per heavy atom. The smallest absolute Gasteiger partial charge is 0.132 e. The number of nitrogens with two attached hydrogens (primary N) is 2. The van der Waals surface area contributed by atoms with Gasteiger partial charge in [0.25, 0.3) is 0 Å². The minimum Gasteiger partial charge on any atom is -0.374 e. The average molecular weight is 144 g/mol. The highest BCUT2D eigenvalue weighted by atomic mass is 16.3. The molecule has 0 aliphatic carbocycles. The molecule has 10 heavy (non-hydrogen) atoms. The van der Waals surface area contributed by atoms with E-state index in [-0.39, 0.29) is 0 Å². The molecule has 1 unspecified atom stereocenters. The largest absolute Gasteiger partial charge is 0.374 e. The molecular formula is C7H16N2O. The molecule has 60 valence electrons. The standard InChI is InChI=1S/C7H16N2O/c1-5(2)6(3,8)7(4,9)10/h10H,1,8-9H2,2-4H3/t6?,7-/m1/s1. The summed E-state index contributed by atoms with van der Waals surface area (Å²) in [6, 6.07) is 0. The van der Waals surface area contributed by atoms with Crippen LogP contribution in [0.15, 0.2) is 12.2 Å². The molecule has 0 aliphatic rings. The lowest BCUT2D eigenvalue weighted by Gasteiger charge is -2.36. The van der Waals surface area contributed by atoms with Gasteiger partial charge in [-0.25, -0.2) is 0 Å². The van der Waals surface area contributed by atoms with Crippen LogP contribution in [0.3, 0.4) is 0 Å². The first kappa shape index (κ1) is 9.62. The Hall–Kier alpha value is -0.380. The van der Waals surface area contributed by atoms with Gasteiger partial charge in [0, 0.05) is 0 Å². The fraction of sp³-hybridized carbons (Fsp3) is 0.714. The van der Waals surface area contributed by atoms with Crippen LogP contribution in [0.25, 0.3) is 0 Å². The van der Waals surface area contributed by atoms with Crippen molar-refractivity contribution in [3.8, 4) is 0 Å². The summed E-state index contributed by atoms with van der Waals surface area (Å²) in [6.07, 6.45) is 0. The van der Waals surface area contributed by atoms with Crippen LogP contribution in [0.5, 0.6) is 0 Å². The lowest BCUT2D eigenvalue weighted by Crippen LogP contribution is -2.62. The van der Waals surface area contributed by atoms with Crippen molar-refractivity contribution in [1.29, 1.82) is 0 Å². The van der Waals surface area contributed by atoms with Gasteiger partial charge in [-0.2, -0.15) is 0 Å². The van der Waals surface area contributed by atoms with E-state index in [1.165, 1.54) is 6.92 Å². The molecule has 0 saturated heterocycles. The molecule has 2 atom stereocenters. The van der Waals surface area contributed by atoms with Crippen LogP contribution in [-0.2, 0) is 0 Å². The van der Waals surface area contributed by atoms with Crippen molar-refractivity contribution in [3.63, 3.8) is 0 Å². The minimum absolute atomic E-state index is 0.667. The second-order valence-corrected chi connectivity index (χ2v) is 3.13. The Labute approximate surface area is 61.7 Å². The zero-order chi connectivity index (χ0) is 8.58. The van der Waals surface area contributed by atoms with Gasteiger partial charge in [-0.05, 0) is 20.8 Å². The van der Waals surface area contributed by atoms with Gasteiger partial charge in [-0.15, -0.1) is 0 Å². The maximum absolute atomic E-state index is 9.31. The van der Waals surface area contributed by atoms with E-state index in [9.17, 15) is 5.11 Å². The summed E-state index contributed by atoms with van der Waals surface area (Å²) in [5.41, 5.74) is 9.39. The molecule has 0 rings (SSSR count). The van der Waals surface area contributed by atoms with Crippen LogP contribution in [0.4, 0.5) is 0 Å². The van der Waals surface area contributed by atoms with Gasteiger partial charge in [-0.1, -0.05) is 12.2 Å². The summed E-state index contributed by atoms with van der Waals surface area (Å²) >= 11 is 0. The van der Waals surface area contributed by atoms with E-state index in [2.05, 4.69) is 6.58 Å². The third kappa shape index (κ3) is 1.56. The fourth-order valence-corrected chi connectivity index (χ4v) is 0.432. The van der Waals surface area contributed by atoms with E-state index in [1.54, 1.807) is 13.8 Å². The molecule has 3 heteroatoms. The fourth-order valence-electron chi connectivity index (χ4n) is 0.432. The van der Waals surface area contributed by atoms with Crippen LogP contribution < -0.4 is 11.5 Å². The predicted octanol–water partition coefficient (Wildman–Crippen LogP) is -0.0529. The van der Waals surface area contributed by atoms with Crippen molar-refractivity contribution in [1.82, 2.24) is 0 Å². The normalized spacial score (nSPS) is 23.0. The second kappa shape index (κ2) is 2.34. The lowest BCUT2D eigenvalue weighted by atomic mass is 9.85. The summed E-state index contributed by atoms with van der Waals surface area (Å²) in [7, 11) is 0. The van der Waals surface area contributed by atoms with Gasteiger partial charge < -0.3 is 16.6 Å². The Balaban J connectivity index is 4.57. The Bertz CT molecular complexity index is 144. The SMILES string of the molecule is C=C(C)C(C)(N)[C@](C)(N)O. The maximum atomic E-state index is 9.31. The minimum atomic E-state index is -1.40. The first-order valence-electron chi connectivity index (χ1n) is 3.15. The molecule has 0 bridgehead atoms. The third-order valence-corrected chi connectivity index (χ3v) is 1.94. The summed E-state index contributed by atoms with van der Waals surface area (Å²) in [4.78, 5) is 0. The second-order valence-electron chi connectivity index (χ2n) is 3.13. The molecule has 0 aromatic heterocycles. The van der Waals surface area contributed by atoms with E-state index in [1.807, 2.05) is 0 Å². The molecule has 0 spiro atoms. The molecule has 0 amide bonds.